The van der Waals surface area contributed by atoms with Crippen molar-refractivity contribution < 1.29 is 15.1 Å². The van der Waals surface area contributed by atoms with Crippen LogP contribution in [0.4, 0.5) is 11.4 Å². The monoisotopic (exact) mass is 285 g/mol. The summed E-state index contributed by atoms with van der Waals surface area (Å²) in [5.41, 5.74) is 0.914. The first-order chi connectivity index (χ1) is 10.0. The van der Waals surface area contributed by atoms with Crippen molar-refractivity contribution in [2.24, 2.45) is 4.99 Å². The summed E-state index contributed by atoms with van der Waals surface area (Å²) >= 11 is 0. The van der Waals surface area contributed by atoms with Crippen LogP contribution in [0.2, 0.25) is 0 Å². The van der Waals surface area contributed by atoms with Crippen LogP contribution < -0.4 is 5.11 Å². The highest BCUT2D eigenvalue weighted by atomic mass is 16.6. The van der Waals surface area contributed by atoms with E-state index in [1.165, 1.54) is 24.4 Å². The topological polar surface area (TPSA) is 98.8 Å². The fourth-order valence-electron chi connectivity index (χ4n) is 1.82. The second kappa shape index (κ2) is 6.04. The van der Waals surface area contributed by atoms with Gasteiger partial charge in [-0.15, -0.1) is 0 Å². The first kappa shape index (κ1) is 14.5. The van der Waals surface area contributed by atoms with Crippen LogP contribution in [0.1, 0.15) is 18.1 Å². The van der Waals surface area contributed by atoms with E-state index in [1.807, 2.05) is 6.92 Å². The van der Waals surface area contributed by atoms with Gasteiger partial charge in [0.1, 0.15) is 11.4 Å². The largest absolute Gasteiger partial charge is 0.867 e. The molecule has 0 spiro atoms. The van der Waals surface area contributed by atoms with Gasteiger partial charge in [0, 0.05) is 12.3 Å². The van der Waals surface area contributed by atoms with Gasteiger partial charge in [0.15, 0.2) is 0 Å². The highest BCUT2D eigenvalue weighted by Crippen LogP contribution is 2.29. The number of benzene rings is 2. The molecular weight excluding hydrogens is 272 g/mol. The van der Waals surface area contributed by atoms with E-state index in [2.05, 4.69) is 4.99 Å². The number of aliphatic imine (C=N–C) groups is 1. The fraction of sp³-hybridized carbons (Fsp3) is 0.133. The van der Waals surface area contributed by atoms with Crippen LogP contribution in [0.3, 0.4) is 0 Å². The van der Waals surface area contributed by atoms with Crippen molar-refractivity contribution in [3.8, 4) is 11.5 Å². The van der Waals surface area contributed by atoms with Gasteiger partial charge in [0.25, 0.3) is 5.69 Å². The maximum Gasteiger partial charge on any atom is 0.262 e. The number of rotatable bonds is 4. The van der Waals surface area contributed by atoms with E-state index < -0.39 is 16.4 Å². The zero-order chi connectivity index (χ0) is 15.4. The van der Waals surface area contributed by atoms with E-state index in [-0.39, 0.29) is 11.3 Å². The van der Waals surface area contributed by atoms with Crippen LogP contribution in [0.25, 0.3) is 0 Å². The van der Waals surface area contributed by atoms with Gasteiger partial charge in [-0.1, -0.05) is 25.1 Å². The van der Waals surface area contributed by atoms with E-state index in [0.717, 1.165) is 18.1 Å². The molecule has 0 atom stereocenters. The minimum Gasteiger partial charge on any atom is -0.867 e. The normalized spacial score (nSPS) is 10.9. The molecule has 2 rings (SSSR count). The Labute approximate surface area is 121 Å². The molecule has 0 bridgehead atoms. The third-order valence-corrected chi connectivity index (χ3v) is 3.01. The van der Waals surface area contributed by atoms with Crippen LogP contribution in [0, 0.1) is 10.1 Å². The molecule has 0 fully saturated rings. The van der Waals surface area contributed by atoms with Gasteiger partial charge < -0.3 is 10.2 Å². The average Bonchev–Trinajstić information content (AvgIpc) is 2.47. The second-order valence-electron chi connectivity index (χ2n) is 4.39. The van der Waals surface area contributed by atoms with Crippen LogP contribution in [-0.2, 0) is 6.42 Å². The molecule has 0 amide bonds. The standard InChI is InChI=1S/C15H14N2O4/c1-2-10-6-7-14(18)12(8-10)16-9-11-4-3-5-13(15(11)19)17(20)21/h3-9,18-19H,2H2,1H3/p-1. The molecule has 108 valence electrons. The van der Waals surface area contributed by atoms with Crippen molar-refractivity contribution in [1.29, 1.82) is 0 Å². The maximum atomic E-state index is 11.8. The van der Waals surface area contributed by atoms with E-state index in [1.54, 1.807) is 12.1 Å². The Morgan fingerprint density at radius 1 is 1.33 bits per heavy atom. The quantitative estimate of drug-likeness (QED) is 0.530. The molecular formula is C15H13N2O4-. The molecule has 0 heterocycles. The number of nitro groups is 1. The molecule has 0 radical (unpaired) electrons. The van der Waals surface area contributed by atoms with Gasteiger partial charge in [0.2, 0.25) is 0 Å². The fourth-order valence-corrected chi connectivity index (χ4v) is 1.82. The van der Waals surface area contributed by atoms with Gasteiger partial charge in [-0.2, -0.15) is 0 Å². The van der Waals surface area contributed by atoms with Crippen LogP contribution in [-0.4, -0.2) is 16.2 Å². The predicted octanol–water partition coefficient (Wildman–Crippen LogP) is 2.69. The van der Waals surface area contributed by atoms with Crippen molar-refractivity contribution in [2.75, 3.05) is 0 Å². The zero-order valence-electron chi connectivity index (χ0n) is 11.3. The minimum absolute atomic E-state index is 0.0127. The highest BCUT2D eigenvalue weighted by Gasteiger charge is 2.08. The summed E-state index contributed by atoms with van der Waals surface area (Å²) in [6, 6.07) is 9.02. The van der Waals surface area contributed by atoms with Gasteiger partial charge in [0.05, 0.1) is 4.92 Å². The molecule has 6 nitrogen and oxygen atoms in total. The lowest BCUT2D eigenvalue weighted by Gasteiger charge is -2.09. The predicted molar refractivity (Wildman–Crippen MR) is 77.3 cm³/mol. The highest BCUT2D eigenvalue weighted by molar-refractivity contribution is 5.87. The van der Waals surface area contributed by atoms with Gasteiger partial charge in [-0.25, -0.2) is 0 Å². The Bertz CT molecular complexity index is 711. The summed E-state index contributed by atoms with van der Waals surface area (Å²) < 4.78 is 0. The number of phenolic OH excluding ortho intramolecular Hbond substituents is 1. The third kappa shape index (κ3) is 3.17. The molecule has 0 saturated heterocycles. The van der Waals surface area contributed by atoms with Crippen LogP contribution >= 0.6 is 0 Å². The van der Waals surface area contributed by atoms with E-state index >= 15 is 0 Å². The number of hydrogen-bond donors (Lipinski definition) is 1. The summed E-state index contributed by atoms with van der Waals surface area (Å²) in [6.45, 7) is 1.97. The molecule has 21 heavy (non-hydrogen) atoms. The number of hydrogen-bond acceptors (Lipinski definition) is 5. The molecule has 2 aromatic rings. The SMILES string of the molecule is CCc1ccc(O)c(N=Cc2cccc([N+](=O)[O-])c2[O-])c1. The lowest BCUT2D eigenvalue weighted by atomic mass is 10.1. The van der Waals surface area contributed by atoms with E-state index in [9.17, 15) is 20.3 Å². The maximum absolute atomic E-state index is 11.8. The number of nitrogens with zero attached hydrogens (tertiary/aromatic N) is 2. The summed E-state index contributed by atoms with van der Waals surface area (Å²) in [4.78, 5) is 14.0. The van der Waals surface area contributed by atoms with Gasteiger partial charge >= 0.3 is 0 Å². The Morgan fingerprint density at radius 3 is 2.76 bits per heavy atom. The van der Waals surface area contributed by atoms with Crippen molar-refractivity contribution in [3.63, 3.8) is 0 Å². The Hall–Kier alpha value is -2.89. The molecule has 2 aromatic carbocycles. The average molecular weight is 285 g/mol. The lowest BCUT2D eigenvalue weighted by molar-refractivity contribution is -0.398. The smallest absolute Gasteiger partial charge is 0.262 e. The van der Waals surface area contributed by atoms with Crippen LogP contribution in [0.15, 0.2) is 41.4 Å². The van der Waals surface area contributed by atoms with Crippen molar-refractivity contribution in [2.45, 2.75) is 13.3 Å². The number of aromatic hydroxyl groups is 1. The van der Waals surface area contributed by atoms with Crippen molar-refractivity contribution in [1.82, 2.24) is 0 Å². The number of para-hydroxylation sites is 1. The Kier molecular flexibility index (Phi) is 4.18. The van der Waals surface area contributed by atoms with Gasteiger partial charge in [-0.05, 0) is 35.4 Å². The summed E-state index contributed by atoms with van der Waals surface area (Å²) in [7, 11) is 0. The van der Waals surface area contributed by atoms with E-state index in [4.69, 9.17) is 0 Å². The molecule has 6 heteroatoms. The Morgan fingerprint density at radius 2 is 2.10 bits per heavy atom. The molecule has 0 unspecified atom stereocenters. The molecule has 0 aromatic heterocycles. The first-order valence-electron chi connectivity index (χ1n) is 6.33. The molecule has 0 aliphatic heterocycles. The first-order valence-corrected chi connectivity index (χ1v) is 6.33. The molecule has 1 N–H and O–H groups in total. The van der Waals surface area contributed by atoms with Crippen LogP contribution in [0.5, 0.6) is 11.5 Å². The summed E-state index contributed by atoms with van der Waals surface area (Å²) in [5, 5.41) is 32.3. The summed E-state index contributed by atoms with van der Waals surface area (Å²) in [5.74, 6) is -0.710. The zero-order valence-corrected chi connectivity index (χ0v) is 11.3. The van der Waals surface area contributed by atoms with Gasteiger partial charge in [-0.3, -0.25) is 15.1 Å². The molecule has 0 aliphatic rings. The van der Waals surface area contributed by atoms with Crippen molar-refractivity contribution in [3.05, 3.63) is 57.6 Å². The summed E-state index contributed by atoms with van der Waals surface area (Å²) in [6.07, 6.45) is 2.01. The second-order valence-corrected chi connectivity index (χ2v) is 4.39. The lowest BCUT2D eigenvalue weighted by Crippen LogP contribution is -2.01. The van der Waals surface area contributed by atoms with Crippen molar-refractivity contribution >= 4 is 17.6 Å². The van der Waals surface area contributed by atoms with E-state index in [0.29, 0.717) is 5.69 Å². The number of phenols is 1. The third-order valence-electron chi connectivity index (χ3n) is 3.01. The molecule has 0 aliphatic carbocycles. The number of nitro benzene ring substituents is 1. The number of aryl methyl sites for hydroxylation is 1. The molecule has 0 saturated carbocycles. The Balaban J connectivity index is 2.38. The minimum atomic E-state index is -0.727.